The zero-order valence-corrected chi connectivity index (χ0v) is 14.0. The molecule has 0 bridgehead atoms. The molecule has 118 valence electrons. The third kappa shape index (κ3) is 4.25. The third-order valence-electron chi connectivity index (χ3n) is 3.98. The summed E-state index contributed by atoms with van der Waals surface area (Å²) in [5, 5.41) is 12.1. The van der Waals surface area contributed by atoms with Crippen molar-refractivity contribution >= 4 is 17.6 Å². The second-order valence-electron chi connectivity index (χ2n) is 5.90. The van der Waals surface area contributed by atoms with Crippen LogP contribution in [0.4, 0.5) is 0 Å². The van der Waals surface area contributed by atoms with Crippen molar-refractivity contribution in [2.24, 2.45) is 4.99 Å². The smallest absolute Gasteiger partial charge is 0.133 e. The van der Waals surface area contributed by atoms with E-state index in [1.807, 2.05) is 18.4 Å². The highest BCUT2D eigenvalue weighted by Crippen LogP contribution is 2.20. The van der Waals surface area contributed by atoms with Crippen molar-refractivity contribution in [1.82, 2.24) is 9.88 Å². The molecular weight excluding hydrogens is 304 g/mol. The van der Waals surface area contributed by atoms with Crippen LogP contribution >= 0.6 is 11.3 Å². The second kappa shape index (κ2) is 7.49. The highest BCUT2D eigenvalue weighted by Gasteiger charge is 2.22. The fraction of sp³-hybridized carbons (Fsp3) is 0.389. The fourth-order valence-corrected chi connectivity index (χ4v) is 3.60. The maximum atomic E-state index is 9.32. The van der Waals surface area contributed by atoms with Crippen LogP contribution in [0.25, 0.3) is 0 Å². The summed E-state index contributed by atoms with van der Waals surface area (Å²) in [4.78, 5) is 11.5. The van der Waals surface area contributed by atoms with Gasteiger partial charge < -0.3 is 0 Å². The molecule has 2 aromatic rings. The summed E-state index contributed by atoms with van der Waals surface area (Å²) < 4.78 is 0. The summed E-state index contributed by atoms with van der Waals surface area (Å²) in [7, 11) is 0. The summed E-state index contributed by atoms with van der Waals surface area (Å²) >= 11 is 1.53. The van der Waals surface area contributed by atoms with Crippen molar-refractivity contribution in [2.75, 3.05) is 13.1 Å². The first-order valence-electron chi connectivity index (χ1n) is 7.86. The van der Waals surface area contributed by atoms with Crippen molar-refractivity contribution in [3.8, 4) is 6.07 Å². The van der Waals surface area contributed by atoms with Crippen LogP contribution in [0.2, 0.25) is 0 Å². The molecule has 2 heterocycles. The van der Waals surface area contributed by atoms with E-state index in [-0.39, 0.29) is 12.0 Å². The van der Waals surface area contributed by atoms with Gasteiger partial charge in [-0.15, -0.1) is 11.3 Å². The maximum absolute atomic E-state index is 9.32. The van der Waals surface area contributed by atoms with Gasteiger partial charge in [-0.3, -0.25) is 9.89 Å². The van der Waals surface area contributed by atoms with E-state index in [9.17, 15) is 5.26 Å². The summed E-state index contributed by atoms with van der Waals surface area (Å²) in [6.45, 7) is 4.94. The molecule has 4 nitrogen and oxygen atoms in total. The molecule has 0 unspecified atom stereocenters. The van der Waals surface area contributed by atoms with E-state index in [4.69, 9.17) is 0 Å². The van der Waals surface area contributed by atoms with Crippen LogP contribution in [-0.2, 0) is 6.54 Å². The Kier molecular flexibility index (Phi) is 5.16. The highest BCUT2D eigenvalue weighted by molar-refractivity contribution is 7.09. The van der Waals surface area contributed by atoms with Crippen LogP contribution in [0.5, 0.6) is 0 Å². The predicted molar refractivity (Wildman–Crippen MR) is 93.8 cm³/mol. The first kappa shape index (κ1) is 15.9. The van der Waals surface area contributed by atoms with Crippen molar-refractivity contribution in [1.29, 1.82) is 5.26 Å². The number of thiazole rings is 1. The monoisotopic (exact) mass is 324 g/mol. The Morgan fingerprint density at radius 1 is 1.48 bits per heavy atom. The maximum Gasteiger partial charge on any atom is 0.133 e. The summed E-state index contributed by atoms with van der Waals surface area (Å²) in [6.07, 6.45) is 2.84. The van der Waals surface area contributed by atoms with Gasteiger partial charge in [0.1, 0.15) is 10.9 Å². The lowest BCUT2D eigenvalue weighted by atomic mass is 10.2. The molecule has 0 saturated carbocycles. The van der Waals surface area contributed by atoms with Crippen molar-refractivity contribution in [3.05, 3.63) is 52.0 Å². The topological polar surface area (TPSA) is 52.3 Å². The molecule has 1 aliphatic rings. The van der Waals surface area contributed by atoms with Crippen LogP contribution in [-0.4, -0.2) is 35.2 Å². The van der Waals surface area contributed by atoms with Gasteiger partial charge in [0, 0.05) is 36.9 Å². The number of aliphatic imine (C=N–C) groups is 1. The molecule has 3 rings (SSSR count). The van der Waals surface area contributed by atoms with E-state index in [1.165, 1.54) is 16.9 Å². The predicted octanol–water partition coefficient (Wildman–Crippen LogP) is 3.40. The van der Waals surface area contributed by atoms with Crippen molar-refractivity contribution in [2.45, 2.75) is 31.8 Å². The minimum Gasteiger partial charge on any atom is -0.297 e. The molecule has 2 atom stereocenters. The number of likely N-dealkylation sites (tertiary alicyclic amines) is 1. The average Bonchev–Trinajstić information content (AvgIpc) is 3.19. The number of hydrogen-bond acceptors (Lipinski definition) is 5. The van der Waals surface area contributed by atoms with Gasteiger partial charge >= 0.3 is 0 Å². The van der Waals surface area contributed by atoms with Crippen LogP contribution in [0.1, 0.15) is 28.6 Å². The molecule has 1 aliphatic heterocycles. The summed E-state index contributed by atoms with van der Waals surface area (Å²) in [5.41, 5.74) is 2.30. The molecule has 0 N–H and O–H groups in total. The summed E-state index contributed by atoms with van der Waals surface area (Å²) in [5.74, 6) is -0.322. The lowest BCUT2D eigenvalue weighted by Crippen LogP contribution is -2.21. The van der Waals surface area contributed by atoms with E-state index in [0.717, 1.165) is 36.8 Å². The van der Waals surface area contributed by atoms with Gasteiger partial charge in [0.2, 0.25) is 0 Å². The molecule has 1 aromatic heterocycles. The molecule has 23 heavy (non-hydrogen) atoms. The van der Waals surface area contributed by atoms with E-state index in [0.29, 0.717) is 0 Å². The Labute approximate surface area is 141 Å². The standard InChI is InChI=1S/C18H20N4S/c1-14-13-23-18(21-14)16(9-19)10-20-17-7-8-22(12-17)11-15-5-3-2-4-6-15/h2-6,10,13,16-17H,7-8,11-12H2,1H3/t16-,17-/m1/s1. The van der Waals surface area contributed by atoms with Gasteiger partial charge in [-0.25, -0.2) is 4.98 Å². The van der Waals surface area contributed by atoms with Crippen LogP contribution in [0.15, 0.2) is 40.7 Å². The Balaban J connectivity index is 1.56. The first-order valence-corrected chi connectivity index (χ1v) is 8.74. The van der Waals surface area contributed by atoms with Gasteiger partial charge in [-0.1, -0.05) is 30.3 Å². The highest BCUT2D eigenvalue weighted by atomic mass is 32.1. The Morgan fingerprint density at radius 2 is 2.30 bits per heavy atom. The van der Waals surface area contributed by atoms with Crippen molar-refractivity contribution < 1.29 is 0 Å². The number of rotatable bonds is 5. The number of nitrogens with zero attached hydrogens (tertiary/aromatic N) is 4. The molecule has 1 fully saturated rings. The molecule has 0 spiro atoms. The van der Waals surface area contributed by atoms with Crippen molar-refractivity contribution in [3.63, 3.8) is 0 Å². The molecule has 0 radical (unpaired) electrons. The molecule has 1 saturated heterocycles. The van der Waals surface area contributed by atoms with Gasteiger partial charge in [-0.2, -0.15) is 5.26 Å². The Morgan fingerprint density at radius 3 is 3.00 bits per heavy atom. The van der Waals surface area contributed by atoms with E-state index in [1.54, 1.807) is 6.21 Å². The minimum atomic E-state index is -0.322. The molecule has 0 amide bonds. The molecule has 1 aromatic carbocycles. The first-order chi connectivity index (χ1) is 11.2. The zero-order valence-electron chi connectivity index (χ0n) is 13.2. The number of aromatic nitrogens is 1. The van der Waals surface area contributed by atoms with Gasteiger partial charge in [-0.05, 0) is 18.9 Å². The van der Waals surface area contributed by atoms with E-state index < -0.39 is 0 Å². The average molecular weight is 324 g/mol. The lowest BCUT2D eigenvalue weighted by molar-refractivity contribution is 0.327. The van der Waals surface area contributed by atoms with Crippen LogP contribution in [0.3, 0.4) is 0 Å². The number of nitriles is 1. The summed E-state index contributed by atoms with van der Waals surface area (Å²) in [6, 6.07) is 13.1. The second-order valence-corrected chi connectivity index (χ2v) is 6.78. The number of benzene rings is 1. The van der Waals surface area contributed by atoms with E-state index >= 15 is 0 Å². The van der Waals surface area contributed by atoms with E-state index in [2.05, 4.69) is 45.2 Å². The number of hydrogen-bond donors (Lipinski definition) is 0. The van der Waals surface area contributed by atoms with Gasteiger partial charge in [0.25, 0.3) is 0 Å². The van der Waals surface area contributed by atoms with Gasteiger partial charge in [0.05, 0.1) is 12.1 Å². The number of aryl methyl sites for hydroxylation is 1. The lowest BCUT2D eigenvalue weighted by Gasteiger charge is -2.14. The molecular formula is C18H20N4S. The Bertz CT molecular complexity index is 701. The largest absolute Gasteiger partial charge is 0.297 e. The third-order valence-corrected chi connectivity index (χ3v) is 5.03. The quantitative estimate of drug-likeness (QED) is 0.792. The minimum absolute atomic E-state index is 0.288. The normalized spacial score (nSPS) is 19.9. The SMILES string of the molecule is Cc1csc([C@H](C#N)C=N[C@@H]2CCN(Cc3ccccc3)C2)n1. The molecule has 0 aliphatic carbocycles. The van der Waals surface area contributed by atoms with Crippen LogP contribution < -0.4 is 0 Å². The van der Waals surface area contributed by atoms with Crippen LogP contribution in [0, 0.1) is 18.3 Å². The fourth-order valence-electron chi connectivity index (χ4n) is 2.79. The van der Waals surface area contributed by atoms with Gasteiger partial charge in [0.15, 0.2) is 0 Å². The zero-order chi connectivity index (χ0) is 16.1. The Hall–Kier alpha value is -2.03. The molecule has 5 heteroatoms.